The predicted octanol–water partition coefficient (Wildman–Crippen LogP) is 4.84. The number of rotatable bonds is 27. The quantitative estimate of drug-likeness (QED) is 0.0156. The van der Waals surface area contributed by atoms with Crippen molar-refractivity contribution in [2.75, 3.05) is 25.4 Å². The Morgan fingerprint density at radius 1 is 0.981 bits per heavy atom. The lowest BCUT2D eigenvalue weighted by molar-refractivity contribution is -0.121. The molecule has 1 saturated heterocycles. The molecule has 2 unspecified atom stereocenters. The number of nitrogens with one attached hydrogen (secondary N) is 1. The molecule has 0 aliphatic carbocycles. The molecule has 0 radical (unpaired) electrons. The normalized spacial score (nSPS) is 19.2. The smallest absolute Gasteiger partial charge is 0.390 e. The summed E-state index contributed by atoms with van der Waals surface area (Å²) < 4.78 is 52.6. The third-order valence-corrected chi connectivity index (χ3v) is 11.9. The minimum atomic E-state index is -5.73. The highest BCUT2D eigenvalue weighted by Gasteiger charge is 2.43. The number of phosphoric ester groups is 1. The largest absolute Gasteiger partial charge is 0.490 e. The van der Waals surface area contributed by atoms with Gasteiger partial charge < -0.3 is 40.5 Å². The van der Waals surface area contributed by atoms with E-state index in [1.165, 1.54) is 57.6 Å². The third kappa shape index (κ3) is 20.9. The number of phosphoric acid groups is 3. The van der Waals surface area contributed by atoms with E-state index in [0.717, 1.165) is 36.7 Å². The molecule has 1 fully saturated rings. The summed E-state index contributed by atoms with van der Waals surface area (Å²) in [7, 11) is -16.8. The number of aliphatic hydroxyl groups is 1. The first-order valence-corrected chi connectivity index (χ1v) is 22.3. The van der Waals surface area contributed by atoms with Gasteiger partial charge in [-0.25, -0.2) is 18.5 Å². The number of azide groups is 1. The number of anilines is 1. The summed E-state index contributed by atoms with van der Waals surface area (Å²) in [6.07, 6.45) is 13.5. The zero-order valence-corrected chi connectivity index (χ0v) is 32.7. The van der Waals surface area contributed by atoms with Crippen molar-refractivity contribution in [3.8, 4) is 11.8 Å². The highest BCUT2D eigenvalue weighted by Crippen LogP contribution is 2.66. The van der Waals surface area contributed by atoms with Crippen molar-refractivity contribution >= 4 is 35.2 Å². The topological polar surface area (TPSA) is 328 Å². The number of amides is 1. The van der Waals surface area contributed by atoms with E-state index in [-0.39, 0.29) is 23.7 Å². The van der Waals surface area contributed by atoms with Crippen molar-refractivity contribution in [1.29, 1.82) is 0 Å². The van der Waals surface area contributed by atoms with Crippen LogP contribution in [0.5, 0.6) is 0 Å². The van der Waals surface area contributed by atoms with Crippen molar-refractivity contribution in [2.45, 2.75) is 128 Å². The fourth-order valence-electron chi connectivity index (χ4n) is 5.40. The van der Waals surface area contributed by atoms with Gasteiger partial charge in [-0.05, 0) is 24.8 Å². The van der Waals surface area contributed by atoms with Gasteiger partial charge in [0.1, 0.15) is 18.1 Å². The van der Waals surface area contributed by atoms with Gasteiger partial charge in [-0.3, -0.25) is 13.9 Å². The summed E-state index contributed by atoms with van der Waals surface area (Å²) in [5, 5.41) is 16.8. The standard InChI is InChI=1S/C30H52N7O14P3/c31-29-24(17-13-12-15-19-33-27(39)18-14-10-8-6-4-2-1-3-5-7-9-11-16-20-34-36-32)22-37(30(40)35-29)28-21-25(38)26(49-28)23-48-53(44,45)51-54(46,47)50-52(41,42)43/h22,25-26,28,38H,1-12,14-16,18-21,23H2,(H,33,39)(H,44,45)(H,46,47)(H2,31,35,40)(H2,41,42,43)/t25-,26+,28+/m0/s1. The molecule has 1 aromatic heterocycles. The molecule has 0 bridgehead atoms. The number of aromatic nitrogens is 2. The Bertz CT molecular complexity index is 1640. The van der Waals surface area contributed by atoms with E-state index in [2.05, 4.69) is 45.3 Å². The average molecular weight is 828 g/mol. The van der Waals surface area contributed by atoms with Crippen LogP contribution in [0, 0.1) is 11.8 Å². The molecule has 54 heavy (non-hydrogen) atoms. The Hall–Kier alpha value is -2.65. The monoisotopic (exact) mass is 827 g/mol. The van der Waals surface area contributed by atoms with Crippen LogP contribution in [0.2, 0.25) is 0 Å². The van der Waals surface area contributed by atoms with Crippen LogP contribution in [0.3, 0.4) is 0 Å². The highest BCUT2D eigenvalue weighted by atomic mass is 31.3. The lowest BCUT2D eigenvalue weighted by Gasteiger charge is -2.19. The molecular weight excluding hydrogens is 775 g/mol. The molecule has 306 valence electrons. The minimum absolute atomic E-state index is 0.0135. The van der Waals surface area contributed by atoms with Crippen LogP contribution in [-0.2, 0) is 36.4 Å². The molecule has 2 heterocycles. The number of carbonyl (C=O) groups is 1. The zero-order chi connectivity index (χ0) is 40.0. The van der Waals surface area contributed by atoms with Gasteiger partial charge >= 0.3 is 29.2 Å². The number of nitrogens with zero attached hydrogens (tertiary/aromatic N) is 5. The summed E-state index contributed by atoms with van der Waals surface area (Å²) in [5.41, 5.74) is 13.4. The maximum Gasteiger partial charge on any atom is 0.490 e. The number of hydrogen-bond acceptors (Lipinski definition) is 13. The molecule has 0 spiro atoms. The molecule has 1 aromatic rings. The van der Waals surface area contributed by atoms with Crippen LogP contribution in [0.4, 0.5) is 5.82 Å². The number of hydrogen-bond donors (Lipinski definition) is 7. The number of ether oxygens (including phenoxy) is 1. The van der Waals surface area contributed by atoms with E-state index in [4.69, 9.17) is 25.8 Å². The predicted molar refractivity (Wildman–Crippen MR) is 195 cm³/mol. The summed E-state index contributed by atoms with van der Waals surface area (Å²) in [6.45, 7) is 0.120. The minimum Gasteiger partial charge on any atom is -0.390 e. The molecular formula is C30H52N7O14P3. The lowest BCUT2D eigenvalue weighted by atomic mass is 10.0. The third-order valence-electron chi connectivity index (χ3n) is 8.06. The Morgan fingerprint density at radius 2 is 1.57 bits per heavy atom. The van der Waals surface area contributed by atoms with Crippen molar-refractivity contribution in [3.05, 3.63) is 32.7 Å². The number of aliphatic hydroxyl groups excluding tert-OH is 1. The van der Waals surface area contributed by atoms with E-state index in [1.807, 2.05) is 0 Å². The molecule has 1 aliphatic heterocycles. The first kappa shape index (κ1) is 47.5. The summed E-state index contributed by atoms with van der Waals surface area (Å²) in [6, 6.07) is 0. The molecule has 8 N–H and O–H groups in total. The summed E-state index contributed by atoms with van der Waals surface area (Å²) >= 11 is 0. The van der Waals surface area contributed by atoms with E-state index >= 15 is 0 Å². The Balaban J connectivity index is 1.64. The Kier molecular flexibility index (Phi) is 21.8. The molecule has 2 rings (SSSR count). The Labute approximate surface area is 313 Å². The van der Waals surface area contributed by atoms with Crippen LogP contribution in [0.15, 0.2) is 16.1 Å². The first-order chi connectivity index (χ1) is 25.5. The lowest BCUT2D eigenvalue weighted by Crippen LogP contribution is -2.29. The van der Waals surface area contributed by atoms with Gasteiger partial charge in [-0.2, -0.15) is 13.6 Å². The van der Waals surface area contributed by atoms with Crippen molar-refractivity contribution in [3.63, 3.8) is 0 Å². The fourth-order valence-corrected chi connectivity index (χ4v) is 8.43. The van der Waals surface area contributed by atoms with Gasteiger partial charge in [0.05, 0.1) is 18.3 Å². The van der Waals surface area contributed by atoms with Crippen molar-refractivity contribution in [1.82, 2.24) is 14.9 Å². The molecule has 0 saturated carbocycles. The van der Waals surface area contributed by atoms with Gasteiger partial charge in [0, 0.05) is 43.5 Å². The second kappa shape index (κ2) is 24.8. The summed E-state index contributed by atoms with van der Waals surface area (Å²) in [4.78, 5) is 67.3. The van der Waals surface area contributed by atoms with Crippen molar-refractivity contribution in [2.24, 2.45) is 5.11 Å². The zero-order valence-electron chi connectivity index (χ0n) is 30.0. The SMILES string of the molecule is [N-]=[N+]=NCCCCCCCCCCCCCCCC(=O)NCCCC#Cc1cn([C@H]2C[C@H](O)[C@@H](COP(=O)(O)OP(=O)(O)OP(=O)(O)O)O2)c(=O)nc1N. The molecule has 1 aliphatic rings. The second-order valence-corrected chi connectivity index (χ2v) is 17.0. The molecule has 1 amide bonds. The number of carbonyl (C=O) groups excluding carboxylic acids is 1. The van der Waals surface area contributed by atoms with E-state index in [9.17, 15) is 38.2 Å². The highest BCUT2D eigenvalue weighted by molar-refractivity contribution is 7.66. The van der Waals surface area contributed by atoms with Crippen LogP contribution < -0.4 is 16.7 Å². The molecule has 21 nitrogen and oxygen atoms in total. The molecule has 24 heteroatoms. The van der Waals surface area contributed by atoms with Crippen LogP contribution >= 0.6 is 23.5 Å². The van der Waals surface area contributed by atoms with E-state index < -0.39 is 54.2 Å². The second-order valence-electron chi connectivity index (χ2n) is 12.6. The van der Waals surface area contributed by atoms with Gasteiger partial charge in [-0.15, -0.1) is 0 Å². The maximum absolute atomic E-state index is 12.5. The van der Waals surface area contributed by atoms with Gasteiger partial charge in [0.15, 0.2) is 0 Å². The number of nitrogens with two attached hydrogens (primary N) is 1. The van der Waals surface area contributed by atoms with E-state index in [0.29, 0.717) is 32.4 Å². The maximum atomic E-state index is 12.5. The molecule has 5 atom stereocenters. The van der Waals surface area contributed by atoms with Gasteiger partial charge in [-0.1, -0.05) is 87.6 Å². The van der Waals surface area contributed by atoms with Gasteiger partial charge in [0.2, 0.25) is 5.91 Å². The number of unbranched alkanes of at least 4 members (excludes halogenated alkanes) is 13. The average Bonchev–Trinajstić information content (AvgIpc) is 3.44. The van der Waals surface area contributed by atoms with Crippen LogP contribution in [0.25, 0.3) is 10.4 Å². The van der Waals surface area contributed by atoms with Crippen LogP contribution in [-0.4, -0.2) is 72.0 Å². The van der Waals surface area contributed by atoms with Crippen LogP contribution in [0.1, 0.15) is 121 Å². The van der Waals surface area contributed by atoms with Gasteiger partial charge in [0.25, 0.3) is 0 Å². The Morgan fingerprint density at radius 3 is 2.17 bits per heavy atom. The fraction of sp³-hybridized carbons (Fsp3) is 0.767. The molecule has 0 aromatic carbocycles. The van der Waals surface area contributed by atoms with E-state index in [1.54, 1.807) is 0 Å². The van der Waals surface area contributed by atoms with Crippen molar-refractivity contribution < 1.29 is 61.1 Å². The summed E-state index contributed by atoms with van der Waals surface area (Å²) in [5.74, 6) is 5.56. The number of nitrogen functional groups attached to an aromatic ring is 1. The first-order valence-electron chi connectivity index (χ1n) is 17.8.